The Kier molecular flexibility index (Phi) is 3.37. The molecule has 5 heteroatoms. The van der Waals surface area contributed by atoms with E-state index in [0.29, 0.717) is 17.4 Å². The Morgan fingerprint density at radius 2 is 2.05 bits per heavy atom. The van der Waals surface area contributed by atoms with Gasteiger partial charge < -0.3 is 10.3 Å². The van der Waals surface area contributed by atoms with Crippen LogP contribution in [0.1, 0.15) is 24.5 Å². The molecule has 0 radical (unpaired) electrons. The van der Waals surface area contributed by atoms with E-state index < -0.39 is 0 Å². The summed E-state index contributed by atoms with van der Waals surface area (Å²) in [6.45, 7) is 1.97. The minimum absolute atomic E-state index is 0.107. The van der Waals surface area contributed by atoms with E-state index in [1.54, 1.807) is 12.3 Å². The summed E-state index contributed by atoms with van der Waals surface area (Å²) >= 11 is 0. The lowest BCUT2D eigenvalue weighted by atomic mass is 9.94. The van der Waals surface area contributed by atoms with Crippen molar-refractivity contribution < 1.29 is 0 Å². The normalized spacial score (nSPS) is 16.4. The Morgan fingerprint density at radius 3 is 2.79 bits per heavy atom. The third-order valence-corrected chi connectivity index (χ3v) is 3.43. The van der Waals surface area contributed by atoms with Gasteiger partial charge in [0, 0.05) is 18.2 Å². The highest BCUT2D eigenvalue weighted by atomic mass is 16.1. The molecule has 0 aromatic carbocycles. The van der Waals surface area contributed by atoms with Crippen molar-refractivity contribution in [1.82, 2.24) is 20.3 Å². The van der Waals surface area contributed by atoms with Crippen LogP contribution in [0.25, 0.3) is 11.5 Å². The number of piperidine rings is 1. The molecular formula is C14H16N4O. The number of rotatable bonds is 2. The van der Waals surface area contributed by atoms with Crippen LogP contribution in [0.3, 0.4) is 0 Å². The molecule has 1 aliphatic rings. The molecule has 3 rings (SSSR count). The van der Waals surface area contributed by atoms with Gasteiger partial charge in [0.05, 0.1) is 5.69 Å². The number of aromatic amines is 1. The standard InChI is InChI=1S/C14H16N4O/c19-13-9-12(10-4-7-15-8-5-10)17-14(18-13)11-3-1-2-6-16-11/h1-3,6,9-10,15H,4-5,7-8H2,(H,17,18,19). The van der Waals surface area contributed by atoms with Gasteiger partial charge in [0.1, 0.15) is 5.69 Å². The van der Waals surface area contributed by atoms with Gasteiger partial charge in [-0.2, -0.15) is 0 Å². The summed E-state index contributed by atoms with van der Waals surface area (Å²) in [6, 6.07) is 7.20. The van der Waals surface area contributed by atoms with E-state index >= 15 is 0 Å². The zero-order valence-corrected chi connectivity index (χ0v) is 10.6. The van der Waals surface area contributed by atoms with Gasteiger partial charge in [-0.25, -0.2) is 4.98 Å². The van der Waals surface area contributed by atoms with Crippen LogP contribution in [0.2, 0.25) is 0 Å². The van der Waals surface area contributed by atoms with Crippen LogP contribution < -0.4 is 10.9 Å². The van der Waals surface area contributed by atoms with E-state index in [9.17, 15) is 4.79 Å². The van der Waals surface area contributed by atoms with Crippen molar-refractivity contribution in [2.24, 2.45) is 0 Å². The van der Waals surface area contributed by atoms with Crippen LogP contribution >= 0.6 is 0 Å². The van der Waals surface area contributed by atoms with Crippen molar-refractivity contribution in [3.05, 3.63) is 46.5 Å². The van der Waals surface area contributed by atoms with Gasteiger partial charge >= 0.3 is 0 Å². The maximum Gasteiger partial charge on any atom is 0.251 e. The van der Waals surface area contributed by atoms with Crippen LogP contribution in [0.4, 0.5) is 0 Å². The molecule has 98 valence electrons. The summed E-state index contributed by atoms with van der Waals surface area (Å²) < 4.78 is 0. The number of hydrogen-bond acceptors (Lipinski definition) is 4. The second-order valence-corrected chi connectivity index (χ2v) is 4.76. The first-order valence-corrected chi connectivity index (χ1v) is 6.56. The second kappa shape index (κ2) is 5.32. The Balaban J connectivity index is 1.98. The fraction of sp³-hybridized carbons (Fsp3) is 0.357. The zero-order valence-electron chi connectivity index (χ0n) is 10.6. The van der Waals surface area contributed by atoms with Crippen molar-refractivity contribution in [2.45, 2.75) is 18.8 Å². The quantitative estimate of drug-likeness (QED) is 0.849. The van der Waals surface area contributed by atoms with Crippen molar-refractivity contribution in [3.8, 4) is 11.5 Å². The molecule has 0 amide bonds. The van der Waals surface area contributed by atoms with Gasteiger partial charge in [0.25, 0.3) is 5.56 Å². The van der Waals surface area contributed by atoms with E-state index in [1.807, 2.05) is 18.2 Å². The number of aromatic nitrogens is 3. The Bertz CT molecular complexity index is 602. The molecule has 1 fully saturated rings. The Labute approximate surface area is 111 Å². The molecule has 2 N–H and O–H groups in total. The van der Waals surface area contributed by atoms with Crippen molar-refractivity contribution in [1.29, 1.82) is 0 Å². The molecule has 0 spiro atoms. The lowest BCUT2D eigenvalue weighted by Gasteiger charge is -2.22. The molecule has 0 atom stereocenters. The molecule has 0 bridgehead atoms. The molecular weight excluding hydrogens is 240 g/mol. The van der Waals surface area contributed by atoms with Gasteiger partial charge in [0.15, 0.2) is 5.82 Å². The molecule has 0 saturated carbocycles. The molecule has 2 aromatic heterocycles. The second-order valence-electron chi connectivity index (χ2n) is 4.76. The van der Waals surface area contributed by atoms with E-state index in [-0.39, 0.29) is 5.56 Å². The number of hydrogen-bond donors (Lipinski definition) is 2. The number of pyridine rings is 1. The first-order valence-electron chi connectivity index (χ1n) is 6.56. The largest absolute Gasteiger partial charge is 0.317 e. The van der Waals surface area contributed by atoms with Crippen LogP contribution in [-0.4, -0.2) is 28.0 Å². The summed E-state index contributed by atoms with van der Waals surface area (Å²) in [7, 11) is 0. The van der Waals surface area contributed by atoms with E-state index in [2.05, 4.69) is 20.3 Å². The average molecular weight is 256 g/mol. The molecule has 1 aliphatic heterocycles. The zero-order chi connectivity index (χ0) is 13.1. The number of nitrogens with one attached hydrogen (secondary N) is 2. The summed E-state index contributed by atoms with van der Waals surface area (Å²) in [6.07, 6.45) is 3.75. The van der Waals surface area contributed by atoms with Gasteiger partial charge in [-0.3, -0.25) is 9.78 Å². The van der Waals surface area contributed by atoms with Crippen LogP contribution in [-0.2, 0) is 0 Å². The maximum atomic E-state index is 11.8. The lowest BCUT2D eigenvalue weighted by molar-refractivity contribution is 0.452. The minimum atomic E-state index is -0.107. The van der Waals surface area contributed by atoms with E-state index in [1.165, 1.54) is 0 Å². The summed E-state index contributed by atoms with van der Waals surface area (Å²) in [5, 5.41) is 3.32. The highest BCUT2D eigenvalue weighted by molar-refractivity contribution is 5.48. The van der Waals surface area contributed by atoms with Crippen molar-refractivity contribution in [3.63, 3.8) is 0 Å². The molecule has 2 aromatic rings. The predicted molar refractivity (Wildman–Crippen MR) is 72.9 cm³/mol. The van der Waals surface area contributed by atoms with Gasteiger partial charge in [-0.1, -0.05) is 6.07 Å². The first kappa shape index (κ1) is 12.0. The maximum absolute atomic E-state index is 11.8. The van der Waals surface area contributed by atoms with Gasteiger partial charge in [-0.15, -0.1) is 0 Å². The predicted octanol–water partition coefficient (Wildman–Crippen LogP) is 1.30. The topological polar surface area (TPSA) is 70.7 Å². The molecule has 0 aliphatic carbocycles. The highest BCUT2D eigenvalue weighted by Crippen LogP contribution is 2.23. The SMILES string of the molecule is O=c1cc(C2CCNCC2)nc(-c2ccccn2)[nH]1. The molecule has 19 heavy (non-hydrogen) atoms. The molecule has 3 heterocycles. The third-order valence-electron chi connectivity index (χ3n) is 3.43. The Morgan fingerprint density at radius 1 is 1.21 bits per heavy atom. The fourth-order valence-electron chi connectivity index (χ4n) is 2.43. The average Bonchev–Trinajstić information content (AvgIpc) is 2.48. The van der Waals surface area contributed by atoms with Gasteiger partial charge in [0.2, 0.25) is 0 Å². The summed E-state index contributed by atoms with van der Waals surface area (Å²) in [4.78, 5) is 23.4. The van der Waals surface area contributed by atoms with Crippen LogP contribution in [0.15, 0.2) is 35.3 Å². The first-order chi connectivity index (χ1) is 9.33. The monoisotopic (exact) mass is 256 g/mol. The molecule has 0 unspecified atom stereocenters. The third kappa shape index (κ3) is 2.71. The Hall–Kier alpha value is -2.01. The molecule has 5 nitrogen and oxygen atoms in total. The van der Waals surface area contributed by atoms with Crippen LogP contribution in [0, 0.1) is 0 Å². The minimum Gasteiger partial charge on any atom is -0.317 e. The number of H-pyrrole nitrogens is 1. The highest BCUT2D eigenvalue weighted by Gasteiger charge is 2.18. The molecule has 1 saturated heterocycles. The van der Waals surface area contributed by atoms with Crippen molar-refractivity contribution in [2.75, 3.05) is 13.1 Å². The fourth-order valence-corrected chi connectivity index (χ4v) is 2.43. The van der Waals surface area contributed by atoms with Gasteiger partial charge in [-0.05, 0) is 38.1 Å². The van der Waals surface area contributed by atoms with Crippen molar-refractivity contribution >= 4 is 0 Å². The van der Waals surface area contributed by atoms with Crippen LogP contribution in [0.5, 0.6) is 0 Å². The number of nitrogens with zero attached hydrogens (tertiary/aromatic N) is 2. The van der Waals surface area contributed by atoms with E-state index in [0.717, 1.165) is 31.6 Å². The smallest absolute Gasteiger partial charge is 0.251 e. The van der Waals surface area contributed by atoms with E-state index in [4.69, 9.17) is 0 Å². The summed E-state index contributed by atoms with van der Waals surface area (Å²) in [5.41, 5.74) is 1.48. The lowest BCUT2D eigenvalue weighted by Crippen LogP contribution is -2.28. The summed E-state index contributed by atoms with van der Waals surface area (Å²) in [5.74, 6) is 0.924.